The van der Waals surface area contributed by atoms with E-state index in [1.165, 1.54) is 0 Å². The molecule has 0 saturated carbocycles. The van der Waals surface area contributed by atoms with Gasteiger partial charge in [0.1, 0.15) is 11.6 Å². The minimum Gasteiger partial charge on any atom is -0.386 e. The lowest BCUT2D eigenvalue weighted by molar-refractivity contribution is -0.124. The molecule has 5 N–H and O–H groups in total. The van der Waals surface area contributed by atoms with E-state index >= 15 is 0 Å². The van der Waals surface area contributed by atoms with Crippen molar-refractivity contribution in [3.8, 4) is 0 Å². The van der Waals surface area contributed by atoms with Crippen molar-refractivity contribution in [2.24, 2.45) is 21.7 Å². The molecule has 34 heavy (non-hydrogen) atoms. The number of carbonyl (C=O) groups excluding carboxylic acids is 2. The van der Waals surface area contributed by atoms with Crippen LogP contribution in [0.4, 0.5) is 0 Å². The van der Waals surface area contributed by atoms with Gasteiger partial charge < -0.3 is 26.3 Å². The lowest BCUT2D eigenvalue weighted by atomic mass is 10.0. The average molecular weight is 476 g/mol. The van der Waals surface area contributed by atoms with E-state index in [9.17, 15) is 9.59 Å². The molecule has 1 rings (SSSR count). The third-order valence-corrected chi connectivity index (χ3v) is 5.15. The second kappa shape index (κ2) is 13.8. The highest BCUT2D eigenvalue weighted by molar-refractivity contribution is 5.97. The Morgan fingerprint density at radius 3 is 2.06 bits per heavy atom. The van der Waals surface area contributed by atoms with Crippen LogP contribution in [-0.4, -0.2) is 47.8 Å². The fourth-order valence-electron chi connectivity index (χ4n) is 2.88. The van der Waals surface area contributed by atoms with Crippen molar-refractivity contribution in [3.05, 3.63) is 35.4 Å². The number of carbonyl (C=O) groups is 2. The van der Waals surface area contributed by atoms with Gasteiger partial charge in [-0.1, -0.05) is 24.3 Å². The number of amides is 1. The average Bonchev–Trinajstić information content (AvgIpc) is 2.74. The number of hydrogen-bond acceptors (Lipinski definition) is 6. The Kier molecular flexibility index (Phi) is 11.9. The van der Waals surface area contributed by atoms with Crippen molar-refractivity contribution in [3.63, 3.8) is 0 Å². The van der Waals surface area contributed by atoms with Crippen LogP contribution in [0.2, 0.25) is 0 Å². The zero-order valence-corrected chi connectivity index (χ0v) is 21.4. The molecule has 0 aliphatic heterocycles. The van der Waals surface area contributed by atoms with E-state index < -0.39 is 5.60 Å². The molecule has 0 radical (unpaired) electrons. The smallest absolute Gasteiger partial charge is 0.220 e. The van der Waals surface area contributed by atoms with E-state index in [2.05, 4.69) is 15.5 Å². The van der Waals surface area contributed by atoms with Gasteiger partial charge in [0.25, 0.3) is 0 Å². The number of nitrogens with two attached hydrogens (primary N) is 2. The van der Waals surface area contributed by atoms with E-state index in [4.69, 9.17) is 20.9 Å². The van der Waals surface area contributed by atoms with Gasteiger partial charge in [-0.3, -0.25) is 9.59 Å². The first kappa shape index (κ1) is 29.3. The van der Waals surface area contributed by atoms with Crippen LogP contribution in [-0.2, 0) is 25.6 Å². The van der Waals surface area contributed by atoms with E-state index in [1.54, 1.807) is 13.8 Å². The van der Waals surface area contributed by atoms with Gasteiger partial charge in [-0.2, -0.15) is 0 Å². The summed E-state index contributed by atoms with van der Waals surface area (Å²) in [5.41, 5.74) is 12.2. The van der Waals surface area contributed by atoms with Crippen LogP contribution < -0.4 is 16.8 Å². The molecule has 0 spiro atoms. The number of ether oxygens (including phenoxy) is 2. The van der Waals surface area contributed by atoms with Crippen LogP contribution in [0.3, 0.4) is 0 Å². The number of hydrogen-bond donors (Lipinski definition) is 3. The molecule has 9 nitrogen and oxygen atoms in total. The molecule has 0 aliphatic carbocycles. The lowest BCUT2D eigenvalue weighted by Gasteiger charge is -2.29. The molecule has 1 aromatic rings. The Balaban J connectivity index is 2.38. The molecule has 0 aromatic heterocycles. The van der Waals surface area contributed by atoms with Crippen molar-refractivity contribution in [1.29, 1.82) is 0 Å². The van der Waals surface area contributed by atoms with Gasteiger partial charge in [0.2, 0.25) is 5.91 Å². The summed E-state index contributed by atoms with van der Waals surface area (Å²) in [6.07, 6.45) is 2.07. The van der Waals surface area contributed by atoms with Crippen molar-refractivity contribution >= 4 is 23.4 Å². The number of ketones is 1. The molecule has 190 valence electrons. The maximum atomic E-state index is 12.3. The monoisotopic (exact) mass is 475 g/mol. The largest absolute Gasteiger partial charge is 0.386 e. The second-order valence-corrected chi connectivity index (χ2v) is 9.62. The highest BCUT2D eigenvalue weighted by Gasteiger charge is 2.23. The molecule has 0 heterocycles. The fourth-order valence-corrected chi connectivity index (χ4v) is 2.88. The van der Waals surface area contributed by atoms with E-state index in [0.717, 1.165) is 11.1 Å². The topological polar surface area (TPSA) is 141 Å². The molecule has 0 atom stereocenters. The van der Waals surface area contributed by atoms with E-state index in [1.807, 2.05) is 52.0 Å². The molecule has 1 amide bonds. The predicted octanol–water partition coefficient (Wildman–Crippen LogP) is 3.04. The summed E-state index contributed by atoms with van der Waals surface area (Å²) in [5.74, 6) is 0.678. The minimum absolute atomic E-state index is 0.0394. The Morgan fingerprint density at radius 2 is 1.47 bits per heavy atom. The summed E-state index contributed by atoms with van der Waals surface area (Å²) in [6.45, 7) is 12.5. The van der Waals surface area contributed by atoms with Crippen molar-refractivity contribution in [1.82, 2.24) is 5.32 Å². The maximum absolute atomic E-state index is 12.3. The summed E-state index contributed by atoms with van der Waals surface area (Å²) in [7, 11) is 0. The zero-order chi connectivity index (χ0) is 25.8. The molecule has 0 saturated heterocycles. The quantitative estimate of drug-likeness (QED) is 0.202. The van der Waals surface area contributed by atoms with Gasteiger partial charge >= 0.3 is 0 Å². The SMILES string of the molecule is CC(=O)CCOC(C)(C)CCOC(C)(C)CCC(=O)NCc1ccc(/C(N)=N/N=C(/C)N)cc1. The Hall–Kier alpha value is -2.78. The summed E-state index contributed by atoms with van der Waals surface area (Å²) >= 11 is 0. The number of nitrogens with one attached hydrogen (secondary N) is 1. The summed E-state index contributed by atoms with van der Waals surface area (Å²) < 4.78 is 11.8. The zero-order valence-electron chi connectivity index (χ0n) is 21.4. The predicted molar refractivity (Wildman–Crippen MR) is 136 cm³/mol. The first-order valence-electron chi connectivity index (χ1n) is 11.6. The molecular weight excluding hydrogens is 434 g/mol. The van der Waals surface area contributed by atoms with Crippen LogP contribution in [0.25, 0.3) is 0 Å². The Morgan fingerprint density at radius 1 is 0.882 bits per heavy atom. The minimum atomic E-state index is -0.435. The summed E-state index contributed by atoms with van der Waals surface area (Å²) in [5, 5.41) is 10.5. The van der Waals surface area contributed by atoms with Crippen molar-refractivity contribution in [2.45, 2.75) is 85.0 Å². The molecule has 0 bridgehead atoms. The van der Waals surface area contributed by atoms with Crippen LogP contribution in [0.5, 0.6) is 0 Å². The van der Waals surface area contributed by atoms with Crippen molar-refractivity contribution in [2.75, 3.05) is 13.2 Å². The first-order valence-corrected chi connectivity index (χ1v) is 11.6. The van der Waals surface area contributed by atoms with Crippen LogP contribution in [0, 0.1) is 0 Å². The lowest BCUT2D eigenvalue weighted by Crippen LogP contribution is -2.32. The summed E-state index contributed by atoms with van der Waals surface area (Å²) in [4.78, 5) is 23.4. The third-order valence-electron chi connectivity index (χ3n) is 5.15. The Bertz CT molecular complexity index is 857. The van der Waals surface area contributed by atoms with Gasteiger partial charge in [0.05, 0.1) is 24.4 Å². The van der Waals surface area contributed by atoms with E-state index in [0.29, 0.717) is 51.3 Å². The van der Waals surface area contributed by atoms with Gasteiger partial charge in [-0.25, -0.2) is 0 Å². The van der Waals surface area contributed by atoms with Gasteiger partial charge in [0, 0.05) is 24.9 Å². The molecule has 1 aromatic carbocycles. The number of amidine groups is 2. The number of rotatable bonds is 15. The van der Waals surface area contributed by atoms with Gasteiger partial charge in [0.15, 0.2) is 5.84 Å². The molecule has 0 aliphatic rings. The molecule has 0 fully saturated rings. The highest BCUT2D eigenvalue weighted by Crippen LogP contribution is 2.21. The van der Waals surface area contributed by atoms with Crippen LogP contribution in [0.1, 0.15) is 78.4 Å². The first-order chi connectivity index (χ1) is 15.8. The maximum Gasteiger partial charge on any atom is 0.220 e. The van der Waals surface area contributed by atoms with E-state index in [-0.39, 0.29) is 23.1 Å². The second-order valence-electron chi connectivity index (χ2n) is 9.62. The van der Waals surface area contributed by atoms with Crippen LogP contribution in [0.15, 0.2) is 34.5 Å². The molecule has 9 heteroatoms. The third kappa shape index (κ3) is 13.1. The molecular formula is C25H41N5O4. The number of benzene rings is 1. The number of Topliss-reactive ketones (excluding diaryl/α,β-unsaturated/α-hetero) is 1. The summed E-state index contributed by atoms with van der Waals surface area (Å²) in [6, 6.07) is 7.41. The normalized spacial score (nSPS) is 13.1. The molecule has 0 unspecified atom stereocenters. The highest BCUT2D eigenvalue weighted by atomic mass is 16.5. The fraction of sp³-hybridized carbons (Fsp3) is 0.600. The van der Waals surface area contributed by atoms with Gasteiger partial charge in [-0.05, 0) is 59.9 Å². The van der Waals surface area contributed by atoms with Gasteiger partial charge in [-0.15, -0.1) is 10.2 Å². The van der Waals surface area contributed by atoms with Crippen molar-refractivity contribution < 1.29 is 19.1 Å². The number of nitrogens with zero attached hydrogens (tertiary/aromatic N) is 2. The Labute approximate surface area is 203 Å². The van der Waals surface area contributed by atoms with Crippen LogP contribution >= 0.6 is 0 Å². The standard InChI is InChI=1S/C25H41N5O4/c1-18(31)12-15-33-25(5,6)14-16-34-24(3,4)13-11-22(32)28-17-20-7-9-21(10-8-20)23(27)30-29-19(2)26/h7-10H,11-17H2,1-6H3,(H2,26,29)(H2,27,30)(H,28,32).